The molecule has 1 aromatic heterocycles. The molecule has 0 fully saturated rings. The highest BCUT2D eigenvalue weighted by molar-refractivity contribution is 6.19. The van der Waals surface area contributed by atoms with Gasteiger partial charge in [0.15, 0.2) is 5.82 Å². The Hall–Kier alpha value is -1.60. The predicted molar refractivity (Wildman–Crippen MR) is 113 cm³/mol. The molecule has 1 aromatic rings. The number of hydrogen-bond donors (Lipinski definition) is 1. The molecule has 0 saturated carbocycles. The van der Waals surface area contributed by atoms with Crippen LogP contribution in [-0.2, 0) is 9.59 Å². The SMILES string of the molecule is CCN(CC)CCC[C@H](C)N(CC(=O)Nc1cc(C)on1)C(=O)C(C)(C)CCl. The third-order valence-corrected chi connectivity index (χ3v) is 5.57. The quantitative estimate of drug-likeness (QED) is 0.529. The fraction of sp³-hybridized carbons (Fsp3) is 0.750. The minimum Gasteiger partial charge on any atom is -0.360 e. The van der Waals surface area contributed by atoms with E-state index < -0.39 is 5.41 Å². The summed E-state index contributed by atoms with van der Waals surface area (Å²) in [5, 5.41) is 6.45. The number of anilines is 1. The maximum atomic E-state index is 13.1. The Morgan fingerprint density at radius 2 is 1.96 bits per heavy atom. The number of amides is 2. The molecule has 0 aromatic carbocycles. The van der Waals surface area contributed by atoms with Crippen molar-refractivity contribution in [3.8, 4) is 0 Å². The normalized spacial score (nSPS) is 12.9. The molecule has 0 aliphatic rings. The molecule has 0 aliphatic carbocycles. The highest BCUT2D eigenvalue weighted by Crippen LogP contribution is 2.23. The highest BCUT2D eigenvalue weighted by Gasteiger charge is 2.34. The Morgan fingerprint density at radius 1 is 1.32 bits per heavy atom. The molecule has 1 heterocycles. The third-order valence-electron chi connectivity index (χ3n) is 4.91. The summed E-state index contributed by atoms with van der Waals surface area (Å²) < 4.78 is 4.97. The molecular weight excluding hydrogens is 380 g/mol. The van der Waals surface area contributed by atoms with Crippen molar-refractivity contribution in [2.24, 2.45) is 5.41 Å². The lowest BCUT2D eigenvalue weighted by molar-refractivity contribution is -0.144. The molecule has 160 valence electrons. The zero-order valence-corrected chi connectivity index (χ0v) is 18.8. The van der Waals surface area contributed by atoms with Crippen molar-refractivity contribution in [3.05, 3.63) is 11.8 Å². The fourth-order valence-electron chi connectivity index (χ4n) is 2.94. The van der Waals surface area contributed by atoms with E-state index in [1.807, 2.05) is 6.92 Å². The van der Waals surface area contributed by atoms with Crippen molar-refractivity contribution in [1.29, 1.82) is 0 Å². The maximum absolute atomic E-state index is 13.1. The van der Waals surface area contributed by atoms with E-state index in [1.54, 1.807) is 31.7 Å². The van der Waals surface area contributed by atoms with Gasteiger partial charge in [-0.25, -0.2) is 0 Å². The number of rotatable bonds is 12. The highest BCUT2D eigenvalue weighted by atomic mass is 35.5. The van der Waals surface area contributed by atoms with E-state index in [4.69, 9.17) is 16.1 Å². The Labute approximate surface area is 173 Å². The molecule has 0 saturated heterocycles. The van der Waals surface area contributed by atoms with Crippen LogP contribution in [0.15, 0.2) is 10.6 Å². The summed E-state index contributed by atoms with van der Waals surface area (Å²) >= 11 is 6.01. The van der Waals surface area contributed by atoms with Gasteiger partial charge in [-0.05, 0) is 60.2 Å². The van der Waals surface area contributed by atoms with Crippen molar-refractivity contribution >= 4 is 29.2 Å². The largest absolute Gasteiger partial charge is 0.360 e. The Balaban J connectivity index is 2.80. The molecule has 1 atom stereocenters. The lowest BCUT2D eigenvalue weighted by atomic mass is 9.93. The number of hydrogen-bond acceptors (Lipinski definition) is 5. The predicted octanol–water partition coefficient (Wildman–Crippen LogP) is 3.53. The van der Waals surface area contributed by atoms with Gasteiger partial charge < -0.3 is 19.6 Å². The van der Waals surface area contributed by atoms with Gasteiger partial charge in [-0.15, -0.1) is 11.6 Å². The van der Waals surface area contributed by atoms with Crippen LogP contribution in [0.1, 0.15) is 53.2 Å². The fourth-order valence-corrected chi connectivity index (χ4v) is 3.06. The molecule has 0 spiro atoms. The number of carbonyl (C=O) groups is 2. The van der Waals surface area contributed by atoms with Crippen molar-refractivity contribution in [3.63, 3.8) is 0 Å². The molecule has 7 nitrogen and oxygen atoms in total. The summed E-state index contributed by atoms with van der Waals surface area (Å²) in [5.74, 6) is 0.724. The van der Waals surface area contributed by atoms with Gasteiger partial charge in [0.2, 0.25) is 11.8 Å². The van der Waals surface area contributed by atoms with E-state index in [2.05, 4.69) is 29.2 Å². The first-order chi connectivity index (χ1) is 13.1. The minimum absolute atomic E-state index is 0.0442. The van der Waals surface area contributed by atoms with Gasteiger partial charge in [-0.3, -0.25) is 9.59 Å². The van der Waals surface area contributed by atoms with Crippen molar-refractivity contribution in [2.75, 3.05) is 37.4 Å². The van der Waals surface area contributed by atoms with Crippen molar-refractivity contribution < 1.29 is 14.1 Å². The van der Waals surface area contributed by atoms with Gasteiger partial charge in [0.1, 0.15) is 12.3 Å². The molecule has 0 aliphatic heterocycles. The molecule has 2 amide bonds. The second-order valence-electron chi connectivity index (χ2n) is 7.84. The molecule has 0 bridgehead atoms. The molecular formula is C20H35ClN4O3. The van der Waals surface area contributed by atoms with Gasteiger partial charge >= 0.3 is 0 Å². The number of carbonyl (C=O) groups excluding carboxylic acids is 2. The summed E-state index contributed by atoms with van der Waals surface area (Å²) in [6.07, 6.45) is 1.77. The van der Waals surface area contributed by atoms with Crippen LogP contribution in [-0.4, -0.2) is 64.9 Å². The number of aromatic nitrogens is 1. The van der Waals surface area contributed by atoms with E-state index in [0.29, 0.717) is 11.6 Å². The second kappa shape index (κ2) is 11.4. The third kappa shape index (κ3) is 7.43. The van der Waals surface area contributed by atoms with Crippen LogP contribution in [0.5, 0.6) is 0 Å². The molecule has 0 radical (unpaired) electrons. The second-order valence-corrected chi connectivity index (χ2v) is 8.11. The number of nitrogens with one attached hydrogen (secondary N) is 1. The van der Waals surface area contributed by atoms with Crippen LogP contribution >= 0.6 is 11.6 Å². The van der Waals surface area contributed by atoms with Crippen LogP contribution in [0.25, 0.3) is 0 Å². The first-order valence-electron chi connectivity index (χ1n) is 9.97. The van der Waals surface area contributed by atoms with Crippen molar-refractivity contribution in [2.45, 2.75) is 60.4 Å². The first kappa shape index (κ1) is 24.4. The van der Waals surface area contributed by atoms with Gasteiger partial charge in [0.05, 0.1) is 5.41 Å². The molecule has 0 unspecified atom stereocenters. The molecule has 1 rings (SSSR count). The Bertz CT molecular complexity index is 629. The monoisotopic (exact) mass is 414 g/mol. The Morgan fingerprint density at radius 3 is 2.46 bits per heavy atom. The maximum Gasteiger partial charge on any atom is 0.245 e. The zero-order valence-electron chi connectivity index (χ0n) is 18.0. The van der Waals surface area contributed by atoms with Crippen LogP contribution in [0.4, 0.5) is 5.82 Å². The summed E-state index contributed by atoms with van der Waals surface area (Å²) in [5.41, 5.74) is -0.737. The Kier molecular flexibility index (Phi) is 9.96. The van der Waals surface area contributed by atoms with E-state index in [0.717, 1.165) is 32.5 Å². The topological polar surface area (TPSA) is 78.7 Å². The lowest BCUT2D eigenvalue weighted by Crippen LogP contribution is -2.49. The number of alkyl halides is 1. The van der Waals surface area contributed by atoms with Crippen LogP contribution in [0, 0.1) is 12.3 Å². The average molecular weight is 415 g/mol. The van der Waals surface area contributed by atoms with Gasteiger partial charge in [0, 0.05) is 18.0 Å². The van der Waals surface area contributed by atoms with Gasteiger partial charge in [-0.2, -0.15) is 0 Å². The first-order valence-corrected chi connectivity index (χ1v) is 10.5. The van der Waals surface area contributed by atoms with Gasteiger partial charge in [-0.1, -0.05) is 19.0 Å². The summed E-state index contributed by atoms with van der Waals surface area (Å²) in [4.78, 5) is 29.5. The van der Waals surface area contributed by atoms with E-state index in [1.165, 1.54) is 0 Å². The van der Waals surface area contributed by atoms with E-state index >= 15 is 0 Å². The van der Waals surface area contributed by atoms with E-state index in [9.17, 15) is 9.59 Å². The summed E-state index contributed by atoms with van der Waals surface area (Å²) in [7, 11) is 0. The van der Waals surface area contributed by atoms with Gasteiger partial charge in [0.25, 0.3) is 0 Å². The standard InChI is InChI=1S/C20H35ClN4O3/c1-7-24(8-2)11-9-10-15(3)25(19(27)20(5,6)14-21)13-18(26)22-17-12-16(4)28-23-17/h12,15H,7-11,13-14H2,1-6H3,(H,22,23,26)/t15-/m0/s1. The van der Waals surface area contributed by atoms with Crippen LogP contribution < -0.4 is 5.32 Å². The molecule has 1 N–H and O–H groups in total. The number of nitrogens with zero attached hydrogens (tertiary/aromatic N) is 3. The van der Waals surface area contributed by atoms with Crippen LogP contribution in [0.3, 0.4) is 0 Å². The minimum atomic E-state index is -0.737. The summed E-state index contributed by atoms with van der Waals surface area (Å²) in [6, 6.07) is 1.57. The molecule has 28 heavy (non-hydrogen) atoms. The number of halogens is 1. The van der Waals surface area contributed by atoms with Crippen molar-refractivity contribution in [1.82, 2.24) is 15.0 Å². The summed E-state index contributed by atoms with van der Waals surface area (Å²) in [6.45, 7) is 14.6. The lowest BCUT2D eigenvalue weighted by Gasteiger charge is -2.35. The smallest absolute Gasteiger partial charge is 0.245 e. The zero-order chi connectivity index (χ0) is 21.3. The van der Waals surface area contributed by atoms with E-state index in [-0.39, 0.29) is 30.3 Å². The molecule has 8 heteroatoms. The number of aryl methyl sites for hydroxylation is 1. The average Bonchev–Trinajstić information content (AvgIpc) is 3.07. The van der Waals surface area contributed by atoms with Crippen LogP contribution in [0.2, 0.25) is 0 Å².